The van der Waals surface area contributed by atoms with E-state index in [0.717, 1.165) is 57.9 Å². The van der Waals surface area contributed by atoms with Gasteiger partial charge in [0.05, 0.1) is 38.1 Å². The van der Waals surface area contributed by atoms with Crippen LogP contribution >= 0.6 is 0 Å². The first kappa shape index (κ1) is 72.8. The second-order valence-electron chi connectivity index (χ2n) is 21.2. The van der Waals surface area contributed by atoms with E-state index in [0.29, 0.717) is 97.4 Å². The van der Waals surface area contributed by atoms with Gasteiger partial charge in [0.25, 0.3) is 0 Å². The maximum absolute atomic E-state index is 13.5. The molecule has 0 radical (unpaired) electrons. The number of hydrogen-bond donors (Lipinski definition) is 9. The van der Waals surface area contributed by atoms with Crippen molar-refractivity contribution in [3.63, 3.8) is 0 Å². The lowest BCUT2D eigenvalue weighted by Gasteiger charge is -2.22. The number of nitrogens with one attached hydrogen (secondary N) is 3. The SMILES string of the molecule is CCCCCCCCCCCCCCOC(=O)CCN(CCCCCCNC(=O)C(CCCCNC(=O)C(N)CCCN=C(N)N)NC(=O)C(N)CCCN=C(N)N)CCC(=O)OCCCCCCCCCCCCCC. The minimum Gasteiger partial charge on any atom is -0.466 e. The van der Waals surface area contributed by atoms with Crippen LogP contribution in [-0.4, -0.2) is 124 Å². The summed E-state index contributed by atoms with van der Waals surface area (Å²) < 4.78 is 11.2. The van der Waals surface area contributed by atoms with Crippen LogP contribution in [0.3, 0.4) is 0 Å². The lowest BCUT2D eigenvalue weighted by molar-refractivity contribution is -0.144. The molecule has 450 valence electrons. The topological polar surface area (TPSA) is 324 Å². The number of guanidine groups is 2. The maximum Gasteiger partial charge on any atom is 0.307 e. The lowest BCUT2D eigenvalue weighted by Crippen LogP contribution is -2.51. The molecule has 3 unspecified atom stereocenters. The van der Waals surface area contributed by atoms with Crippen LogP contribution in [0.5, 0.6) is 0 Å². The Kier molecular flexibility index (Phi) is 50.8. The van der Waals surface area contributed by atoms with Gasteiger partial charge in [0.2, 0.25) is 17.7 Å². The van der Waals surface area contributed by atoms with Gasteiger partial charge in [-0.1, -0.05) is 168 Å². The van der Waals surface area contributed by atoms with Crippen LogP contribution in [-0.2, 0) is 33.4 Å². The number of carbonyl (C=O) groups is 5. The molecule has 3 amide bonds. The summed E-state index contributed by atoms with van der Waals surface area (Å²) in [4.78, 5) is 74.6. The number of amides is 3. The summed E-state index contributed by atoms with van der Waals surface area (Å²) in [6, 6.07) is -2.37. The standard InChI is InChI=1S/C58H116N12O7/c1-3-5-7-9-11-13-15-17-19-21-25-31-47-76-52(71)38-45-70(46-39-53(72)77-48-32-26-22-20-18-16-14-12-10-8-6-4-2)44-30-24-23-28-40-66-56(75)51(69-55(74)50(60)36-34-43-68-58(63)64)37-27-29-41-65-54(73)49(59)35-33-42-67-57(61)62/h49-51H,3-48,59-60H2,1-2H3,(H,65,73)(H,66,75)(H,69,74)(H4,61,62,67)(H4,63,64,68). The van der Waals surface area contributed by atoms with Gasteiger partial charge in [-0.25, -0.2) is 0 Å². The van der Waals surface area contributed by atoms with Gasteiger partial charge in [0.1, 0.15) is 6.04 Å². The number of nitrogens with zero attached hydrogens (tertiary/aromatic N) is 3. The van der Waals surface area contributed by atoms with Crippen molar-refractivity contribution < 1.29 is 33.4 Å². The molecular formula is C58H116N12O7. The molecule has 0 fully saturated rings. The summed E-state index contributed by atoms with van der Waals surface area (Å²) >= 11 is 0. The average molecular weight is 1090 g/mol. The molecular weight excluding hydrogens is 977 g/mol. The van der Waals surface area contributed by atoms with Crippen molar-refractivity contribution in [2.45, 2.75) is 270 Å². The molecule has 0 heterocycles. The molecule has 3 atom stereocenters. The third kappa shape index (κ3) is 49.8. The zero-order valence-electron chi connectivity index (χ0n) is 48.9. The van der Waals surface area contributed by atoms with Crippen LogP contribution in [0, 0.1) is 0 Å². The second kappa shape index (κ2) is 53.8. The van der Waals surface area contributed by atoms with Gasteiger partial charge in [-0.15, -0.1) is 0 Å². The minimum atomic E-state index is -0.851. The van der Waals surface area contributed by atoms with Crippen LogP contribution in [0.2, 0.25) is 0 Å². The first-order valence-electron chi connectivity index (χ1n) is 30.8. The highest BCUT2D eigenvalue weighted by molar-refractivity contribution is 5.89. The third-order valence-corrected chi connectivity index (χ3v) is 13.9. The number of carbonyl (C=O) groups excluding carboxylic acids is 5. The van der Waals surface area contributed by atoms with E-state index in [9.17, 15) is 24.0 Å². The van der Waals surface area contributed by atoms with Crippen molar-refractivity contribution in [1.29, 1.82) is 0 Å². The molecule has 19 nitrogen and oxygen atoms in total. The smallest absolute Gasteiger partial charge is 0.307 e. The molecule has 0 saturated heterocycles. The molecule has 0 rings (SSSR count). The third-order valence-electron chi connectivity index (χ3n) is 13.9. The molecule has 0 aromatic heterocycles. The predicted molar refractivity (Wildman–Crippen MR) is 316 cm³/mol. The van der Waals surface area contributed by atoms with Gasteiger partial charge in [0, 0.05) is 39.3 Å². The van der Waals surface area contributed by atoms with Crippen molar-refractivity contribution in [2.75, 3.05) is 59.0 Å². The molecule has 0 aromatic carbocycles. The van der Waals surface area contributed by atoms with Crippen LogP contribution in [0.15, 0.2) is 9.98 Å². The predicted octanol–water partition coefficient (Wildman–Crippen LogP) is 7.77. The first-order chi connectivity index (χ1) is 37.3. The van der Waals surface area contributed by atoms with E-state index < -0.39 is 24.0 Å². The van der Waals surface area contributed by atoms with Gasteiger partial charge in [0.15, 0.2) is 11.9 Å². The van der Waals surface area contributed by atoms with Gasteiger partial charge in [-0.3, -0.25) is 34.0 Å². The first-order valence-corrected chi connectivity index (χ1v) is 30.8. The number of aliphatic imine (C=N–C) groups is 2. The number of rotatable bonds is 56. The fourth-order valence-electron chi connectivity index (χ4n) is 9.05. The van der Waals surface area contributed by atoms with E-state index in [1.807, 2.05) is 0 Å². The van der Waals surface area contributed by atoms with Crippen LogP contribution in [0.1, 0.15) is 251 Å². The van der Waals surface area contributed by atoms with Gasteiger partial charge in [-0.05, 0) is 77.2 Å². The Hall–Kier alpha value is -4.23. The largest absolute Gasteiger partial charge is 0.466 e. The summed E-state index contributed by atoms with van der Waals surface area (Å²) in [7, 11) is 0. The van der Waals surface area contributed by atoms with E-state index in [4.69, 9.17) is 43.9 Å². The van der Waals surface area contributed by atoms with E-state index >= 15 is 0 Å². The molecule has 77 heavy (non-hydrogen) atoms. The van der Waals surface area contributed by atoms with Crippen LogP contribution < -0.4 is 50.4 Å². The number of hydrogen-bond acceptors (Lipinski definition) is 12. The van der Waals surface area contributed by atoms with Crippen molar-refractivity contribution in [2.24, 2.45) is 44.4 Å². The van der Waals surface area contributed by atoms with E-state index in [2.05, 4.69) is 44.7 Å². The highest BCUT2D eigenvalue weighted by Crippen LogP contribution is 2.14. The molecule has 0 bridgehead atoms. The summed E-state index contributed by atoms with van der Waals surface area (Å²) in [5.74, 6) is -1.49. The number of ether oxygens (including phenoxy) is 2. The number of unbranched alkanes of at least 4 members (excludes halogenated alkanes) is 26. The summed E-state index contributed by atoms with van der Waals surface area (Å²) in [5.41, 5.74) is 33.7. The van der Waals surface area contributed by atoms with Gasteiger partial charge < -0.3 is 64.7 Å². The summed E-state index contributed by atoms with van der Waals surface area (Å²) in [6.45, 7) is 8.63. The van der Waals surface area contributed by atoms with Crippen molar-refractivity contribution >= 4 is 41.6 Å². The molecule has 0 spiro atoms. The number of nitrogens with two attached hydrogens (primary N) is 6. The summed E-state index contributed by atoms with van der Waals surface area (Å²) in [6.07, 6.45) is 37.2. The molecule has 19 heteroatoms. The maximum atomic E-state index is 13.5. The Bertz CT molecular complexity index is 1470. The molecule has 0 aliphatic heterocycles. The van der Waals surface area contributed by atoms with Gasteiger partial charge >= 0.3 is 11.9 Å². The molecule has 0 saturated carbocycles. The van der Waals surface area contributed by atoms with E-state index in [-0.39, 0.29) is 48.5 Å². The van der Waals surface area contributed by atoms with E-state index in [1.165, 1.54) is 128 Å². The Morgan fingerprint density at radius 1 is 0.416 bits per heavy atom. The lowest BCUT2D eigenvalue weighted by atomic mass is 10.1. The fraction of sp³-hybridized carbons (Fsp3) is 0.879. The molecule has 15 N–H and O–H groups in total. The molecule has 0 aliphatic carbocycles. The van der Waals surface area contributed by atoms with Crippen molar-refractivity contribution in [3.8, 4) is 0 Å². The van der Waals surface area contributed by atoms with Gasteiger partial charge in [-0.2, -0.15) is 0 Å². The average Bonchev–Trinajstić information content (AvgIpc) is 3.40. The quantitative estimate of drug-likeness (QED) is 0.0122. The Balaban J connectivity index is 5.04. The monoisotopic (exact) mass is 1090 g/mol. The van der Waals surface area contributed by atoms with Crippen LogP contribution in [0.4, 0.5) is 0 Å². The zero-order chi connectivity index (χ0) is 56.8. The second-order valence-corrected chi connectivity index (χ2v) is 21.2. The Morgan fingerprint density at radius 2 is 0.779 bits per heavy atom. The van der Waals surface area contributed by atoms with Crippen LogP contribution in [0.25, 0.3) is 0 Å². The highest BCUT2D eigenvalue weighted by Gasteiger charge is 2.23. The Labute approximate surface area is 467 Å². The minimum absolute atomic E-state index is 0.00886. The number of esters is 2. The Morgan fingerprint density at radius 3 is 1.21 bits per heavy atom. The molecule has 0 aromatic rings. The summed E-state index contributed by atoms with van der Waals surface area (Å²) in [5, 5.41) is 8.65. The van der Waals surface area contributed by atoms with Crippen molar-refractivity contribution in [1.82, 2.24) is 20.9 Å². The zero-order valence-corrected chi connectivity index (χ0v) is 48.9. The molecule has 0 aliphatic rings. The van der Waals surface area contributed by atoms with E-state index in [1.54, 1.807) is 0 Å². The van der Waals surface area contributed by atoms with Crippen molar-refractivity contribution in [3.05, 3.63) is 0 Å². The fourth-order valence-corrected chi connectivity index (χ4v) is 9.05. The normalized spacial score (nSPS) is 12.4. The highest BCUT2D eigenvalue weighted by atomic mass is 16.5.